The number of nitrogens with one attached hydrogen (secondary N) is 2. The summed E-state index contributed by atoms with van der Waals surface area (Å²) in [6, 6.07) is 13.2. The van der Waals surface area contributed by atoms with E-state index >= 15 is 0 Å². The average molecular weight is 333 g/mol. The number of benzene rings is 1. The van der Waals surface area contributed by atoms with E-state index in [1.165, 1.54) is 11.1 Å². The predicted molar refractivity (Wildman–Crippen MR) is 96.6 cm³/mol. The molecule has 2 heterocycles. The number of carbonyl (C=O) groups is 1. The first-order valence-corrected chi connectivity index (χ1v) is 7.97. The van der Waals surface area contributed by atoms with Gasteiger partial charge in [0.2, 0.25) is 0 Å². The van der Waals surface area contributed by atoms with Crippen molar-refractivity contribution in [3.05, 3.63) is 77.2 Å². The molecule has 2 aromatic heterocycles. The molecule has 0 fully saturated rings. The van der Waals surface area contributed by atoms with Crippen LogP contribution in [0.15, 0.2) is 54.9 Å². The van der Waals surface area contributed by atoms with Gasteiger partial charge in [0, 0.05) is 24.6 Å². The molecule has 0 radical (unpaired) electrons. The van der Waals surface area contributed by atoms with Gasteiger partial charge in [-0.15, -0.1) is 10.2 Å². The Bertz CT molecular complexity index is 863. The third kappa shape index (κ3) is 4.38. The number of hydrogen-bond acceptors (Lipinski definition) is 5. The normalized spacial score (nSPS) is 10.3. The third-order valence-corrected chi connectivity index (χ3v) is 3.85. The molecule has 126 valence electrons. The third-order valence-electron chi connectivity index (χ3n) is 3.85. The van der Waals surface area contributed by atoms with E-state index in [1.54, 1.807) is 24.5 Å². The fraction of sp³-hybridized carbons (Fsp3) is 0.158. The zero-order valence-electron chi connectivity index (χ0n) is 14.2. The molecule has 0 spiro atoms. The maximum absolute atomic E-state index is 12.1. The van der Waals surface area contributed by atoms with Crippen molar-refractivity contribution >= 4 is 17.4 Å². The maximum atomic E-state index is 12.1. The van der Waals surface area contributed by atoms with Crippen molar-refractivity contribution in [2.24, 2.45) is 0 Å². The second-order valence-electron chi connectivity index (χ2n) is 5.77. The van der Waals surface area contributed by atoms with E-state index in [1.807, 2.05) is 30.3 Å². The van der Waals surface area contributed by atoms with Crippen LogP contribution in [0.2, 0.25) is 0 Å². The van der Waals surface area contributed by atoms with E-state index in [4.69, 9.17) is 0 Å². The van der Waals surface area contributed by atoms with Gasteiger partial charge in [0.15, 0.2) is 11.5 Å². The lowest BCUT2D eigenvalue weighted by molar-refractivity contribution is 0.0945. The van der Waals surface area contributed by atoms with Crippen LogP contribution >= 0.6 is 0 Å². The van der Waals surface area contributed by atoms with Crippen molar-refractivity contribution in [2.75, 3.05) is 5.32 Å². The highest BCUT2D eigenvalue weighted by Crippen LogP contribution is 2.17. The summed E-state index contributed by atoms with van der Waals surface area (Å²) in [4.78, 5) is 16.1. The number of rotatable bonds is 5. The highest BCUT2D eigenvalue weighted by Gasteiger charge is 2.08. The van der Waals surface area contributed by atoms with E-state index < -0.39 is 0 Å². The number of amides is 1. The van der Waals surface area contributed by atoms with Gasteiger partial charge in [-0.25, -0.2) is 0 Å². The van der Waals surface area contributed by atoms with Crippen LogP contribution < -0.4 is 10.6 Å². The molecule has 2 N–H and O–H groups in total. The van der Waals surface area contributed by atoms with Crippen molar-refractivity contribution in [1.82, 2.24) is 20.5 Å². The van der Waals surface area contributed by atoms with E-state index in [-0.39, 0.29) is 11.6 Å². The van der Waals surface area contributed by atoms with E-state index in [2.05, 4.69) is 39.7 Å². The van der Waals surface area contributed by atoms with Crippen LogP contribution in [0.4, 0.5) is 11.5 Å². The maximum Gasteiger partial charge on any atom is 0.272 e. The zero-order chi connectivity index (χ0) is 17.6. The van der Waals surface area contributed by atoms with Crippen LogP contribution in [-0.4, -0.2) is 21.1 Å². The standard InChI is InChI=1S/C19H19N5O/c1-13-5-6-16(10-14(13)2)22-18-8-7-17(23-24-18)19(25)21-12-15-4-3-9-20-11-15/h3-11H,12H2,1-2H3,(H,21,25)(H,22,24). The molecule has 25 heavy (non-hydrogen) atoms. The Morgan fingerprint density at radius 3 is 2.60 bits per heavy atom. The lowest BCUT2D eigenvalue weighted by atomic mass is 10.1. The Morgan fingerprint density at radius 1 is 1.04 bits per heavy atom. The summed E-state index contributed by atoms with van der Waals surface area (Å²) in [7, 11) is 0. The Kier molecular flexibility index (Phi) is 4.99. The molecule has 0 bridgehead atoms. The van der Waals surface area contributed by atoms with Crippen LogP contribution in [0, 0.1) is 13.8 Å². The molecule has 0 saturated heterocycles. The van der Waals surface area contributed by atoms with Crippen LogP contribution in [0.5, 0.6) is 0 Å². The molecule has 6 heteroatoms. The molecule has 0 aliphatic carbocycles. The minimum Gasteiger partial charge on any atom is -0.347 e. The predicted octanol–water partition coefficient (Wildman–Crippen LogP) is 3.16. The molecular formula is C19H19N5O. The van der Waals surface area contributed by atoms with E-state index in [9.17, 15) is 4.79 Å². The average Bonchev–Trinajstić information content (AvgIpc) is 2.64. The van der Waals surface area contributed by atoms with Gasteiger partial charge in [-0.3, -0.25) is 9.78 Å². The van der Waals surface area contributed by atoms with E-state index in [0.29, 0.717) is 12.4 Å². The molecular weight excluding hydrogens is 314 g/mol. The molecule has 0 unspecified atom stereocenters. The Balaban J connectivity index is 1.61. The minimum absolute atomic E-state index is 0.269. The van der Waals surface area contributed by atoms with Gasteiger partial charge < -0.3 is 10.6 Å². The summed E-state index contributed by atoms with van der Waals surface area (Å²) < 4.78 is 0. The van der Waals surface area contributed by atoms with Crippen LogP contribution in [0.1, 0.15) is 27.2 Å². The van der Waals surface area contributed by atoms with Gasteiger partial charge in [-0.05, 0) is 60.9 Å². The highest BCUT2D eigenvalue weighted by atomic mass is 16.1. The quantitative estimate of drug-likeness (QED) is 0.750. The Morgan fingerprint density at radius 2 is 1.92 bits per heavy atom. The van der Waals surface area contributed by atoms with Crippen LogP contribution in [0.25, 0.3) is 0 Å². The van der Waals surface area contributed by atoms with Crippen molar-refractivity contribution in [2.45, 2.75) is 20.4 Å². The molecule has 1 aromatic carbocycles. The van der Waals surface area contributed by atoms with Gasteiger partial charge in [-0.2, -0.15) is 0 Å². The molecule has 1 amide bonds. The van der Waals surface area contributed by atoms with E-state index in [0.717, 1.165) is 11.3 Å². The Labute approximate surface area is 146 Å². The first-order valence-electron chi connectivity index (χ1n) is 7.97. The monoisotopic (exact) mass is 333 g/mol. The first-order chi connectivity index (χ1) is 12.1. The number of pyridine rings is 1. The second-order valence-corrected chi connectivity index (χ2v) is 5.77. The lowest BCUT2D eigenvalue weighted by Gasteiger charge is -2.08. The van der Waals surface area contributed by atoms with Gasteiger partial charge in [0.05, 0.1) is 0 Å². The Hall–Kier alpha value is -3.28. The summed E-state index contributed by atoms with van der Waals surface area (Å²) in [6.07, 6.45) is 3.40. The first kappa shape index (κ1) is 16.6. The van der Waals surface area contributed by atoms with Crippen molar-refractivity contribution in [3.8, 4) is 0 Å². The summed E-state index contributed by atoms with van der Waals surface area (Å²) in [5, 5.41) is 14.0. The molecule has 0 saturated carbocycles. The van der Waals surface area contributed by atoms with Gasteiger partial charge in [0.25, 0.3) is 5.91 Å². The van der Waals surface area contributed by atoms with Gasteiger partial charge in [-0.1, -0.05) is 12.1 Å². The van der Waals surface area contributed by atoms with Crippen molar-refractivity contribution in [1.29, 1.82) is 0 Å². The molecule has 6 nitrogen and oxygen atoms in total. The lowest BCUT2D eigenvalue weighted by Crippen LogP contribution is -2.24. The number of anilines is 2. The molecule has 0 atom stereocenters. The number of hydrogen-bond donors (Lipinski definition) is 2. The summed E-state index contributed by atoms with van der Waals surface area (Å²) in [5.41, 5.74) is 4.57. The van der Waals surface area contributed by atoms with Gasteiger partial charge >= 0.3 is 0 Å². The fourth-order valence-corrected chi connectivity index (χ4v) is 2.26. The van der Waals surface area contributed by atoms with Crippen LogP contribution in [-0.2, 0) is 6.54 Å². The van der Waals surface area contributed by atoms with Gasteiger partial charge in [0.1, 0.15) is 0 Å². The largest absolute Gasteiger partial charge is 0.347 e. The summed E-state index contributed by atoms with van der Waals surface area (Å²) in [6.45, 7) is 4.52. The SMILES string of the molecule is Cc1ccc(Nc2ccc(C(=O)NCc3cccnc3)nn2)cc1C. The topological polar surface area (TPSA) is 79.8 Å². The summed E-state index contributed by atoms with van der Waals surface area (Å²) in [5.74, 6) is 0.321. The number of carbonyl (C=O) groups excluding carboxylic acids is 1. The van der Waals surface area contributed by atoms with Crippen molar-refractivity contribution in [3.63, 3.8) is 0 Å². The van der Waals surface area contributed by atoms with Crippen molar-refractivity contribution < 1.29 is 4.79 Å². The number of aryl methyl sites for hydroxylation is 2. The summed E-state index contributed by atoms with van der Waals surface area (Å²) >= 11 is 0. The minimum atomic E-state index is -0.269. The molecule has 3 aromatic rings. The zero-order valence-corrected chi connectivity index (χ0v) is 14.2. The number of aromatic nitrogens is 3. The molecule has 0 aliphatic rings. The second kappa shape index (κ2) is 7.53. The molecule has 0 aliphatic heterocycles. The fourth-order valence-electron chi connectivity index (χ4n) is 2.26. The number of nitrogens with zero attached hydrogens (tertiary/aromatic N) is 3. The highest BCUT2D eigenvalue weighted by molar-refractivity contribution is 5.92. The molecule has 3 rings (SSSR count). The smallest absolute Gasteiger partial charge is 0.272 e. The van der Waals surface area contributed by atoms with Crippen LogP contribution in [0.3, 0.4) is 0 Å².